The Bertz CT molecular complexity index is 1130. The fraction of sp³-hybridized carbons (Fsp3) is 0.192. The highest BCUT2D eigenvalue weighted by Crippen LogP contribution is 2.16. The van der Waals surface area contributed by atoms with Crippen molar-refractivity contribution in [3.8, 4) is 0 Å². The number of anilines is 3. The second kappa shape index (κ2) is 11.5. The lowest BCUT2D eigenvalue weighted by Gasteiger charge is -2.10. The third-order valence-corrected chi connectivity index (χ3v) is 4.82. The molecule has 0 aliphatic heterocycles. The van der Waals surface area contributed by atoms with Gasteiger partial charge in [0.1, 0.15) is 0 Å². The molecule has 0 aromatic heterocycles. The van der Waals surface area contributed by atoms with Crippen LogP contribution in [-0.2, 0) is 4.79 Å². The smallest absolute Gasteiger partial charge is 0.255 e. The molecule has 0 aliphatic rings. The Balaban J connectivity index is 1.50. The molecule has 0 unspecified atom stereocenters. The van der Waals surface area contributed by atoms with E-state index in [0.717, 1.165) is 12.0 Å². The predicted octanol–water partition coefficient (Wildman–Crippen LogP) is 4.44. The highest BCUT2D eigenvalue weighted by molar-refractivity contribution is 6.04. The molecule has 0 fully saturated rings. The van der Waals surface area contributed by atoms with Gasteiger partial charge in [-0.3, -0.25) is 14.4 Å². The van der Waals surface area contributed by atoms with Crippen LogP contribution in [-0.4, -0.2) is 30.8 Å². The van der Waals surface area contributed by atoms with E-state index in [4.69, 9.17) is 0 Å². The van der Waals surface area contributed by atoms with Crippen LogP contribution < -0.4 is 21.3 Å². The Morgan fingerprint density at radius 3 is 2.03 bits per heavy atom. The van der Waals surface area contributed by atoms with Gasteiger partial charge in [0.15, 0.2) is 0 Å². The summed E-state index contributed by atoms with van der Waals surface area (Å²) in [7, 11) is 0. The van der Waals surface area contributed by atoms with E-state index in [-0.39, 0.29) is 24.3 Å². The van der Waals surface area contributed by atoms with Gasteiger partial charge in [0.2, 0.25) is 5.91 Å². The number of hydrogen-bond acceptors (Lipinski definition) is 4. The van der Waals surface area contributed by atoms with E-state index < -0.39 is 0 Å². The number of nitrogens with one attached hydrogen (secondary N) is 4. The minimum absolute atomic E-state index is 0.0475. The fourth-order valence-electron chi connectivity index (χ4n) is 3.12. The number of carbonyl (C=O) groups is 3. The Kier molecular flexibility index (Phi) is 8.18. The summed E-state index contributed by atoms with van der Waals surface area (Å²) in [5.41, 5.74) is 4.07. The van der Waals surface area contributed by atoms with Crippen molar-refractivity contribution < 1.29 is 14.4 Å². The lowest BCUT2D eigenvalue weighted by atomic mass is 10.1. The molecule has 0 saturated heterocycles. The maximum atomic E-state index is 12.4. The topological polar surface area (TPSA) is 99.3 Å². The van der Waals surface area contributed by atoms with Gasteiger partial charge in [-0.1, -0.05) is 30.7 Å². The van der Waals surface area contributed by atoms with Crippen molar-refractivity contribution in [2.24, 2.45) is 0 Å². The van der Waals surface area contributed by atoms with Crippen LogP contribution in [0.15, 0.2) is 72.8 Å². The Labute approximate surface area is 193 Å². The van der Waals surface area contributed by atoms with Crippen molar-refractivity contribution in [2.75, 3.05) is 29.0 Å². The van der Waals surface area contributed by atoms with Crippen molar-refractivity contribution in [1.29, 1.82) is 0 Å². The standard InChI is InChI=1S/C26H28N4O3/c1-3-14-27-25(32)20-8-5-9-23(16-20)28-17-24(31)29-21-10-12-22(13-11-21)30-26(33)19-7-4-6-18(2)15-19/h4-13,15-16,28H,3,14,17H2,1-2H3,(H,27,32)(H,29,31)(H,30,33). The zero-order valence-electron chi connectivity index (χ0n) is 18.8. The number of amides is 3. The van der Waals surface area contributed by atoms with E-state index in [1.807, 2.05) is 32.0 Å². The summed E-state index contributed by atoms with van der Waals surface area (Å²) in [5.74, 6) is -0.558. The molecule has 3 aromatic rings. The zero-order valence-corrected chi connectivity index (χ0v) is 18.8. The van der Waals surface area contributed by atoms with E-state index in [1.165, 1.54) is 0 Å². The fourth-order valence-corrected chi connectivity index (χ4v) is 3.12. The average molecular weight is 445 g/mol. The highest BCUT2D eigenvalue weighted by atomic mass is 16.2. The highest BCUT2D eigenvalue weighted by Gasteiger charge is 2.08. The molecule has 4 N–H and O–H groups in total. The summed E-state index contributed by atoms with van der Waals surface area (Å²) in [4.78, 5) is 36.7. The molecule has 7 nitrogen and oxygen atoms in total. The predicted molar refractivity (Wildman–Crippen MR) is 132 cm³/mol. The van der Waals surface area contributed by atoms with Crippen LogP contribution in [0.4, 0.5) is 17.1 Å². The molecular formula is C26H28N4O3. The summed E-state index contributed by atoms with van der Waals surface area (Å²) < 4.78 is 0. The van der Waals surface area contributed by atoms with E-state index in [2.05, 4.69) is 21.3 Å². The first-order valence-electron chi connectivity index (χ1n) is 10.8. The molecule has 0 spiro atoms. The monoisotopic (exact) mass is 444 g/mol. The number of benzene rings is 3. The van der Waals surface area contributed by atoms with Gasteiger partial charge < -0.3 is 21.3 Å². The van der Waals surface area contributed by atoms with Gasteiger partial charge in [0.05, 0.1) is 6.54 Å². The lowest BCUT2D eigenvalue weighted by molar-refractivity contribution is -0.114. The van der Waals surface area contributed by atoms with Gasteiger partial charge in [-0.2, -0.15) is 0 Å². The average Bonchev–Trinajstić information content (AvgIpc) is 2.82. The van der Waals surface area contributed by atoms with Crippen molar-refractivity contribution in [3.63, 3.8) is 0 Å². The molecule has 33 heavy (non-hydrogen) atoms. The first-order chi connectivity index (χ1) is 15.9. The van der Waals surface area contributed by atoms with Crippen molar-refractivity contribution in [1.82, 2.24) is 5.32 Å². The van der Waals surface area contributed by atoms with Gasteiger partial charge in [0, 0.05) is 34.7 Å². The van der Waals surface area contributed by atoms with E-state index in [1.54, 1.807) is 54.6 Å². The van der Waals surface area contributed by atoms with E-state index in [9.17, 15) is 14.4 Å². The minimum Gasteiger partial charge on any atom is -0.376 e. The first-order valence-corrected chi connectivity index (χ1v) is 10.8. The molecule has 0 atom stereocenters. The number of carbonyl (C=O) groups excluding carboxylic acids is 3. The number of aryl methyl sites for hydroxylation is 1. The second-order valence-electron chi connectivity index (χ2n) is 7.64. The normalized spacial score (nSPS) is 10.2. The SMILES string of the molecule is CCCNC(=O)c1cccc(NCC(=O)Nc2ccc(NC(=O)c3cccc(C)c3)cc2)c1. The molecular weight excluding hydrogens is 416 g/mol. The minimum atomic E-state index is -0.229. The van der Waals surface area contributed by atoms with Crippen LogP contribution in [0.25, 0.3) is 0 Å². The van der Waals surface area contributed by atoms with E-state index in [0.29, 0.717) is 34.7 Å². The molecule has 7 heteroatoms. The Morgan fingerprint density at radius 1 is 0.727 bits per heavy atom. The third-order valence-electron chi connectivity index (χ3n) is 4.82. The van der Waals surface area contributed by atoms with Crippen molar-refractivity contribution in [3.05, 3.63) is 89.5 Å². The second-order valence-corrected chi connectivity index (χ2v) is 7.64. The lowest BCUT2D eigenvalue weighted by Crippen LogP contribution is -2.24. The summed E-state index contributed by atoms with van der Waals surface area (Å²) in [6.45, 7) is 4.59. The Hall–Kier alpha value is -4.13. The maximum Gasteiger partial charge on any atom is 0.255 e. The summed E-state index contributed by atoms with van der Waals surface area (Å²) in [6, 6.07) is 21.3. The molecule has 3 aromatic carbocycles. The van der Waals surface area contributed by atoms with Crippen LogP contribution in [0.1, 0.15) is 39.6 Å². The molecule has 3 rings (SSSR count). The molecule has 170 valence electrons. The number of hydrogen-bond donors (Lipinski definition) is 4. The van der Waals surface area contributed by atoms with Gasteiger partial charge in [-0.15, -0.1) is 0 Å². The van der Waals surface area contributed by atoms with Gasteiger partial charge in [0.25, 0.3) is 11.8 Å². The molecule has 0 bridgehead atoms. The Morgan fingerprint density at radius 2 is 1.36 bits per heavy atom. The van der Waals surface area contributed by atoms with E-state index >= 15 is 0 Å². The van der Waals surface area contributed by atoms with Gasteiger partial charge >= 0.3 is 0 Å². The maximum absolute atomic E-state index is 12.4. The van der Waals surface area contributed by atoms with Gasteiger partial charge in [-0.05, 0) is 67.9 Å². The molecule has 0 saturated carbocycles. The molecule has 3 amide bonds. The van der Waals surface area contributed by atoms with Crippen LogP contribution >= 0.6 is 0 Å². The quantitative estimate of drug-likeness (QED) is 0.392. The zero-order chi connectivity index (χ0) is 23.6. The molecule has 0 radical (unpaired) electrons. The van der Waals surface area contributed by atoms with Crippen molar-refractivity contribution in [2.45, 2.75) is 20.3 Å². The molecule has 0 aliphatic carbocycles. The summed E-state index contributed by atoms with van der Waals surface area (Å²) in [5, 5.41) is 11.5. The van der Waals surface area contributed by atoms with Crippen LogP contribution in [0.5, 0.6) is 0 Å². The van der Waals surface area contributed by atoms with Crippen LogP contribution in [0, 0.1) is 6.92 Å². The largest absolute Gasteiger partial charge is 0.376 e. The molecule has 0 heterocycles. The van der Waals surface area contributed by atoms with Gasteiger partial charge in [-0.25, -0.2) is 0 Å². The third kappa shape index (κ3) is 7.21. The summed E-state index contributed by atoms with van der Waals surface area (Å²) >= 11 is 0. The van der Waals surface area contributed by atoms with Crippen LogP contribution in [0.3, 0.4) is 0 Å². The first kappa shape index (κ1) is 23.5. The van der Waals surface area contributed by atoms with Crippen LogP contribution in [0.2, 0.25) is 0 Å². The summed E-state index contributed by atoms with van der Waals surface area (Å²) in [6.07, 6.45) is 0.865. The number of rotatable bonds is 9. The van der Waals surface area contributed by atoms with Crippen molar-refractivity contribution >= 4 is 34.8 Å².